The minimum atomic E-state index is -3.30. The maximum Gasteiger partial charge on any atom is 0.325 e. The molecule has 1 aromatic carbocycles. The number of hydrogen-bond donors (Lipinski definition) is 2. The molecule has 1 saturated carbocycles. The van der Waals surface area contributed by atoms with Crippen LogP contribution in [0, 0.1) is 0 Å². The number of hydrogen-bond acceptors (Lipinski definition) is 5. The first-order chi connectivity index (χ1) is 13.3. The molecule has 152 valence electrons. The largest absolute Gasteiger partial charge is 0.352 e. The first-order valence-electron chi connectivity index (χ1n) is 9.54. The summed E-state index contributed by atoms with van der Waals surface area (Å²) < 4.78 is 23.6. The quantitative estimate of drug-likeness (QED) is 0.525. The second kappa shape index (κ2) is 7.90. The molecule has 1 aromatic rings. The molecule has 8 nitrogen and oxygen atoms in total. The topological polar surface area (TPSA) is 113 Å². The first-order valence-corrected chi connectivity index (χ1v) is 11.2. The van der Waals surface area contributed by atoms with Crippen molar-refractivity contribution in [3.8, 4) is 0 Å². The van der Waals surface area contributed by atoms with Crippen molar-refractivity contribution in [2.45, 2.75) is 49.5 Å². The van der Waals surface area contributed by atoms with Crippen LogP contribution in [-0.4, -0.2) is 55.5 Å². The lowest BCUT2D eigenvalue weighted by atomic mass is 9.98. The van der Waals surface area contributed by atoms with E-state index in [2.05, 4.69) is 10.6 Å². The number of carbonyl (C=O) groups is 3. The van der Waals surface area contributed by atoms with E-state index >= 15 is 0 Å². The van der Waals surface area contributed by atoms with Gasteiger partial charge in [-0.15, -0.1) is 0 Å². The predicted molar refractivity (Wildman–Crippen MR) is 103 cm³/mol. The van der Waals surface area contributed by atoms with Gasteiger partial charge in [0.2, 0.25) is 0 Å². The summed E-state index contributed by atoms with van der Waals surface area (Å²) in [6.07, 6.45) is 3.70. The maximum atomic E-state index is 12.5. The molecule has 0 unspecified atom stereocenters. The van der Waals surface area contributed by atoms with Gasteiger partial charge in [0, 0.05) is 18.7 Å². The second-order valence-electron chi connectivity index (χ2n) is 7.21. The number of amides is 4. The molecular formula is C19H25N3O5S. The highest BCUT2D eigenvalue weighted by Gasteiger charge is 2.51. The molecule has 4 amide bonds. The molecule has 9 heteroatoms. The van der Waals surface area contributed by atoms with Crippen LogP contribution in [0.2, 0.25) is 0 Å². The third-order valence-electron chi connectivity index (χ3n) is 5.40. The summed E-state index contributed by atoms with van der Waals surface area (Å²) >= 11 is 0. The second-order valence-corrected chi connectivity index (χ2v) is 9.49. The number of urea groups is 1. The smallest absolute Gasteiger partial charge is 0.325 e. The average Bonchev–Trinajstić information content (AvgIpc) is 3.25. The van der Waals surface area contributed by atoms with Gasteiger partial charge in [0.05, 0.1) is 10.6 Å². The van der Waals surface area contributed by atoms with Gasteiger partial charge in [-0.3, -0.25) is 14.5 Å². The minimum absolute atomic E-state index is 0.00261. The number of rotatable bonds is 7. The maximum absolute atomic E-state index is 12.5. The van der Waals surface area contributed by atoms with Gasteiger partial charge >= 0.3 is 6.03 Å². The highest BCUT2D eigenvalue weighted by molar-refractivity contribution is 7.91. The molecule has 1 aliphatic carbocycles. The Kier molecular flexibility index (Phi) is 5.74. The van der Waals surface area contributed by atoms with Crippen molar-refractivity contribution in [1.82, 2.24) is 15.5 Å². The molecule has 0 bridgehead atoms. The van der Waals surface area contributed by atoms with Gasteiger partial charge in [0.1, 0.15) is 5.54 Å². The van der Waals surface area contributed by atoms with Gasteiger partial charge in [-0.25, -0.2) is 13.2 Å². The van der Waals surface area contributed by atoms with E-state index in [1.54, 1.807) is 6.92 Å². The van der Waals surface area contributed by atoms with E-state index in [9.17, 15) is 22.8 Å². The van der Waals surface area contributed by atoms with Crippen LogP contribution in [0.25, 0.3) is 0 Å². The van der Waals surface area contributed by atoms with E-state index in [1.165, 1.54) is 29.2 Å². The summed E-state index contributed by atoms with van der Waals surface area (Å²) in [4.78, 5) is 38.2. The Hall–Kier alpha value is -2.42. The lowest BCUT2D eigenvalue weighted by Crippen LogP contribution is -2.44. The average molecular weight is 407 g/mol. The van der Waals surface area contributed by atoms with Crippen LogP contribution in [0.4, 0.5) is 4.79 Å². The Bertz CT molecular complexity index is 873. The van der Waals surface area contributed by atoms with Crippen molar-refractivity contribution in [3.05, 3.63) is 29.8 Å². The van der Waals surface area contributed by atoms with Crippen LogP contribution >= 0.6 is 0 Å². The van der Waals surface area contributed by atoms with Gasteiger partial charge in [0.25, 0.3) is 11.8 Å². The molecular weight excluding hydrogens is 382 g/mol. The predicted octanol–water partition coefficient (Wildman–Crippen LogP) is 1.46. The molecule has 28 heavy (non-hydrogen) atoms. The van der Waals surface area contributed by atoms with Crippen LogP contribution in [-0.2, 0) is 14.6 Å². The van der Waals surface area contributed by atoms with Crippen molar-refractivity contribution < 1.29 is 22.8 Å². The molecule has 1 aliphatic heterocycles. The lowest BCUT2D eigenvalue weighted by molar-refractivity contribution is -0.131. The molecule has 0 aromatic heterocycles. The van der Waals surface area contributed by atoms with Gasteiger partial charge in [0.15, 0.2) is 9.84 Å². The van der Waals surface area contributed by atoms with Gasteiger partial charge < -0.3 is 10.6 Å². The van der Waals surface area contributed by atoms with Gasteiger partial charge in [-0.05, 0) is 43.5 Å². The zero-order valence-electron chi connectivity index (χ0n) is 15.9. The summed E-state index contributed by atoms with van der Waals surface area (Å²) in [5.74, 6) is -0.484. The summed E-state index contributed by atoms with van der Waals surface area (Å²) in [5.41, 5.74) is -0.351. The van der Waals surface area contributed by atoms with Crippen LogP contribution < -0.4 is 10.6 Å². The molecule has 1 heterocycles. The van der Waals surface area contributed by atoms with Crippen molar-refractivity contribution in [1.29, 1.82) is 0 Å². The number of carbonyl (C=O) groups excluding carboxylic acids is 3. The number of imide groups is 1. The van der Waals surface area contributed by atoms with Crippen LogP contribution in [0.3, 0.4) is 0 Å². The molecule has 0 radical (unpaired) electrons. The standard InChI is InChI=1S/C19H25N3O5S/c1-2-28(26,27)15-8-6-14(7-9-15)16(23)20-12-5-13-22-17(24)19(21-18(22)25)10-3-4-11-19/h6-9H,2-5,10-13H2,1H3,(H,20,23)(H,21,25). The molecule has 2 N–H and O–H groups in total. The number of sulfone groups is 1. The van der Waals surface area contributed by atoms with E-state index < -0.39 is 15.4 Å². The van der Waals surface area contributed by atoms with Crippen molar-refractivity contribution in [2.24, 2.45) is 0 Å². The Morgan fingerprint density at radius 3 is 2.43 bits per heavy atom. The minimum Gasteiger partial charge on any atom is -0.352 e. The van der Waals surface area contributed by atoms with Crippen molar-refractivity contribution in [2.75, 3.05) is 18.8 Å². The fraction of sp³-hybridized carbons (Fsp3) is 0.526. The zero-order chi connectivity index (χ0) is 20.4. The van der Waals surface area contributed by atoms with E-state index in [4.69, 9.17) is 0 Å². The van der Waals surface area contributed by atoms with E-state index in [0.717, 1.165) is 12.8 Å². The Balaban J connectivity index is 1.48. The molecule has 2 fully saturated rings. The Morgan fingerprint density at radius 2 is 1.82 bits per heavy atom. The fourth-order valence-corrected chi connectivity index (χ4v) is 4.60. The highest BCUT2D eigenvalue weighted by atomic mass is 32.2. The lowest BCUT2D eigenvalue weighted by Gasteiger charge is -2.20. The normalized spacial score (nSPS) is 18.5. The molecule has 0 atom stereocenters. The molecule has 1 saturated heterocycles. The number of benzene rings is 1. The third kappa shape index (κ3) is 3.89. The highest BCUT2D eigenvalue weighted by Crippen LogP contribution is 2.34. The molecule has 3 rings (SSSR count). The van der Waals surface area contributed by atoms with E-state index in [1.807, 2.05) is 0 Å². The fourth-order valence-electron chi connectivity index (χ4n) is 3.72. The molecule has 2 aliphatic rings. The monoisotopic (exact) mass is 407 g/mol. The Labute approximate surface area is 164 Å². The van der Waals surface area contributed by atoms with Crippen molar-refractivity contribution in [3.63, 3.8) is 0 Å². The number of nitrogens with one attached hydrogen (secondary N) is 2. The van der Waals surface area contributed by atoms with Crippen molar-refractivity contribution >= 4 is 27.7 Å². The van der Waals surface area contributed by atoms with Crippen LogP contribution in [0.5, 0.6) is 0 Å². The van der Waals surface area contributed by atoms with Crippen LogP contribution in [0.1, 0.15) is 49.4 Å². The summed E-state index contributed by atoms with van der Waals surface area (Å²) in [5, 5.41) is 5.56. The SMILES string of the molecule is CCS(=O)(=O)c1ccc(C(=O)NCCCN2C(=O)NC3(CCCC3)C2=O)cc1. The summed E-state index contributed by atoms with van der Waals surface area (Å²) in [6.45, 7) is 2.12. The van der Waals surface area contributed by atoms with Gasteiger partial charge in [-0.1, -0.05) is 19.8 Å². The first kappa shape index (κ1) is 20.3. The summed E-state index contributed by atoms with van der Waals surface area (Å²) in [6, 6.07) is 5.42. The van der Waals surface area contributed by atoms with Gasteiger partial charge in [-0.2, -0.15) is 0 Å². The summed E-state index contributed by atoms with van der Waals surface area (Å²) in [7, 11) is -3.30. The Morgan fingerprint density at radius 1 is 1.18 bits per heavy atom. The van der Waals surface area contributed by atoms with E-state index in [0.29, 0.717) is 31.4 Å². The third-order valence-corrected chi connectivity index (χ3v) is 7.15. The van der Waals surface area contributed by atoms with Crippen LogP contribution in [0.15, 0.2) is 29.2 Å². The molecule has 1 spiro atoms. The zero-order valence-corrected chi connectivity index (χ0v) is 16.7. The van der Waals surface area contributed by atoms with E-state index in [-0.39, 0.29) is 35.0 Å². The number of nitrogens with zero attached hydrogens (tertiary/aromatic N) is 1.